The minimum Gasteiger partial charge on any atom is -0.478 e. The summed E-state index contributed by atoms with van der Waals surface area (Å²) in [6.07, 6.45) is -4.42. The average Bonchev–Trinajstić information content (AvgIpc) is 3.17. The fourth-order valence-electron chi connectivity index (χ4n) is 2.49. The lowest BCUT2D eigenvalue weighted by Gasteiger charge is -2.11. The number of amidine groups is 1. The second kappa shape index (κ2) is 5.33. The maximum atomic E-state index is 13.1. The van der Waals surface area contributed by atoms with Gasteiger partial charge in [0.1, 0.15) is 0 Å². The summed E-state index contributed by atoms with van der Waals surface area (Å²) < 4.78 is 34.9. The van der Waals surface area contributed by atoms with Gasteiger partial charge in [-0.25, -0.2) is 4.79 Å². The number of oxime groups is 1. The maximum Gasteiger partial charge on any atom is 0.586 e. The van der Waals surface area contributed by atoms with Crippen LogP contribution in [0.5, 0.6) is 11.5 Å². The molecule has 2 aromatic rings. The molecule has 0 aromatic heterocycles. The molecule has 0 saturated heterocycles. The van der Waals surface area contributed by atoms with Gasteiger partial charge in [0.05, 0.1) is 5.56 Å². The van der Waals surface area contributed by atoms with Gasteiger partial charge < -0.3 is 24.7 Å². The van der Waals surface area contributed by atoms with E-state index in [9.17, 15) is 13.6 Å². The van der Waals surface area contributed by atoms with Crippen LogP contribution < -0.4 is 14.8 Å². The molecule has 0 saturated carbocycles. The van der Waals surface area contributed by atoms with Crippen LogP contribution in [0.15, 0.2) is 47.6 Å². The number of fused-ring (bicyclic) bond motifs is 1. The van der Waals surface area contributed by atoms with E-state index in [1.807, 2.05) is 0 Å². The molecule has 2 aliphatic rings. The number of hydrogen-bond donors (Lipinski definition) is 2. The van der Waals surface area contributed by atoms with Crippen molar-refractivity contribution in [2.45, 2.75) is 12.5 Å². The Morgan fingerprint density at radius 1 is 1.16 bits per heavy atom. The Kier molecular flexibility index (Phi) is 3.24. The zero-order chi connectivity index (χ0) is 17.6. The number of carboxylic acid groups (broad SMARTS) is 1. The van der Waals surface area contributed by atoms with Crippen LogP contribution in [-0.4, -0.2) is 23.2 Å². The third-order valence-electron chi connectivity index (χ3n) is 3.63. The molecular formula is C16H10F2N2O5. The summed E-state index contributed by atoms with van der Waals surface area (Å²) in [6.45, 7) is 0. The summed E-state index contributed by atoms with van der Waals surface area (Å²) in [5.41, 5.74) is 1.12. The largest absolute Gasteiger partial charge is 0.586 e. The Hall–Kier alpha value is -3.36. The first-order valence-electron chi connectivity index (χ1n) is 7.15. The van der Waals surface area contributed by atoms with Crippen molar-refractivity contribution in [2.24, 2.45) is 5.16 Å². The van der Waals surface area contributed by atoms with Crippen molar-refractivity contribution in [1.82, 2.24) is 5.32 Å². The third kappa shape index (κ3) is 2.80. The van der Waals surface area contributed by atoms with E-state index in [-0.39, 0.29) is 17.1 Å². The number of ether oxygens (including phenoxy) is 2. The lowest BCUT2D eigenvalue weighted by atomic mass is 10.1. The number of hydrogen-bond acceptors (Lipinski definition) is 6. The van der Waals surface area contributed by atoms with Crippen LogP contribution in [0.2, 0.25) is 0 Å². The number of alkyl halides is 2. The quantitative estimate of drug-likeness (QED) is 0.886. The topological polar surface area (TPSA) is 89.4 Å². The molecule has 9 heteroatoms. The molecule has 0 fully saturated rings. The van der Waals surface area contributed by atoms with Crippen molar-refractivity contribution in [3.63, 3.8) is 0 Å². The number of rotatable bonds is 3. The Morgan fingerprint density at radius 3 is 2.76 bits per heavy atom. The molecule has 2 aliphatic heterocycles. The molecule has 4 rings (SSSR count). The van der Waals surface area contributed by atoms with Crippen LogP contribution in [0.3, 0.4) is 0 Å². The molecule has 2 aromatic carbocycles. The van der Waals surface area contributed by atoms with Crippen molar-refractivity contribution in [1.29, 1.82) is 0 Å². The van der Waals surface area contributed by atoms with E-state index >= 15 is 0 Å². The molecule has 2 heterocycles. The van der Waals surface area contributed by atoms with Gasteiger partial charge in [0, 0.05) is 11.1 Å². The highest BCUT2D eigenvalue weighted by molar-refractivity contribution is 6.01. The molecule has 0 radical (unpaired) electrons. The predicted octanol–water partition coefficient (Wildman–Crippen LogP) is 2.69. The Bertz CT molecular complexity index is 900. The lowest BCUT2D eigenvalue weighted by molar-refractivity contribution is -0.286. The predicted molar refractivity (Wildman–Crippen MR) is 79.5 cm³/mol. The fraction of sp³-hybridized carbons (Fsp3) is 0.125. The summed E-state index contributed by atoms with van der Waals surface area (Å²) in [5.74, 6) is -0.901. The first kappa shape index (κ1) is 15.2. The normalized spacial score (nSPS) is 19.8. The van der Waals surface area contributed by atoms with E-state index in [0.29, 0.717) is 17.0 Å². The second-order valence-corrected chi connectivity index (χ2v) is 5.33. The zero-order valence-corrected chi connectivity index (χ0v) is 12.4. The average molecular weight is 348 g/mol. The van der Waals surface area contributed by atoms with Gasteiger partial charge in [0.2, 0.25) is 6.23 Å². The molecule has 0 aliphatic carbocycles. The molecule has 1 unspecified atom stereocenters. The number of aromatic carboxylic acids is 1. The van der Waals surface area contributed by atoms with Crippen LogP contribution in [0.1, 0.15) is 27.7 Å². The number of halogens is 2. The molecule has 25 heavy (non-hydrogen) atoms. The van der Waals surface area contributed by atoms with Gasteiger partial charge in [-0.05, 0) is 30.3 Å². The molecule has 0 amide bonds. The molecular weight excluding hydrogens is 338 g/mol. The smallest absolute Gasteiger partial charge is 0.478 e. The van der Waals surface area contributed by atoms with E-state index in [4.69, 9.17) is 9.94 Å². The standard InChI is InChI=1S/C16H10F2N2O5/c17-16(18)23-11-5-4-9(7-12(11)24-16)14-19-13(20-25-14)8-2-1-3-10(6-8)15(21)22/h1-7,14H,(H,19,20)(H,21,22). The van der Waals surface area contributed by atoms with Gasteiger partial charge in [-0.15, -0.1) is 8.78 Å². The Morgan fingerprint density at radius 2 is 1.96 bits per heavy atom. The van der Waals surface area contributed by atoms with E-state index in [2.05, 4.69) is 19.9 Å². The summed E-state index contributed by atoms with van der Waals surface area (Å²) in [7, 11) is 0. The summed E-state index contributed by atoms with van der Waals surface area (Å²) in [6, 6.07) is 10.4. The molecule has 2 N–H and O–H groups in total. The van der Waals surface area contributed by atoms with Crippen LogP contribution >= 0.6 is 0 Å². The molecule has 128 valence electrons. The Labute approximate surface area is 139 Å². The van der Waals surface area contributed by atoms with E-state index < -0.39 is 18.5 Å². The Balaban J connectivity index is 1.53. The van der Waals surface area contributed by atoms with E-state index in [0.717, 1.165) is 0 Å². The molecule has 1 atom stereocenters. The summed E-state index contributed by atoms with van der Waals surface area (Å²) >= 11 is 0. The van der Waals surface area contributed by atoms with Gasteiger partial charge in [-0.1, -0.05) is 17.3 Å². The third-order valence-corrected chi connectivity index (χ3v) is 3.63. The minimum absolute atomic E-state index is 0.0675. The SMILES string of the molecule is O=C(O)c1cccc(C2=NOC(c3ccc4c(c3)OC(F)(F)O4)N2)c1. The van der Waals surface area contributed by atoms with Gasteiger partial charge >= 0.3 is 12.3 Å². The second-order valence-electron chi connectivity index (χ2n) is 5.33. The van der Waals surface area contributed by atoms with Crippen molar-refractivity contribution in [3.8, 4) is 11.5 Å². The number of carbonyl (C=O) groups is 1. The van der Waals surface area contributed by atoms with Crippen molar-refractivity contribution in [3.05, 3.63) is 59.2 Å². The minimum atomic E-state index is -3.69. The molecule has 0 spiro atoms. The first-order valence-corrected chi connectivity index (χ1v) is 7.15. The zero-order valence-electron chi connectivity index (χ0n) is 12.4. The monoisotopic (exact) mass is 348 g/mol. The summed E-state index contributed by atoms with van der Waals surface area (Å²) in [4.78, 5) is 16.3. The first-order chi connectivity index (χ1) is 11.9. The molecule has 0 bridgehead atoms. The molecule has 7 nitrogen and oxygen atoms in total. The fourth-order valence-corrected chi connectivity index (χ4v) is 2.49. The van der Waals surface area contributed by atoms with Crippen molar-refractivity contribution < 1.29 is 33.0 Å². The van der Waals surface area contributed by atoms with Crippen LogP contribution in [-0.2, 0) is 4.84 Å². The maximum absolute atomic E-state index is 13.1. The van der Waals surface area contributed by atoms with E-state index in [1.165, 1.54) is 30.3 Å². The van der Waals surface area contributed by atoms with Crippen molar-refractivity contribution >= 4 is 11.8 Å². The number of nitrogens with zero attached hydrogens (tertiary/aromatic N) is 1. The lowest BCUT2D eigenvalue weighted by Crippen LogP contribution is -2.26. The number of nitrogens with one attached hydrogen (secondary N) is 1. The van der Waals surface area contributed by atoms with Gasteiger partial charge in [0.25, 0.3) is 0 Å². The highest BCUT2D eigenvalue weighted by Crippen LogP contribution is 2.42. The van der Waals surface area contributed by atoms with Gasteiger partial charge in [-0.2, -0.15) is 0 Å². The number of carboxylic acids is 1. The van der Waals surface area contributed by atoms with Crippen LogP contribution in [0, 0.1) is 0 Å². The van der Waals surface area contributed by atoms with Crippen LogP contribution in [0.25, 0.3) is 0 Å². The van der Waals surface area contributed by atoms with Crippen molar-refractivity contribution in [2.75, 3.05) is 0 Å². The van der Waals surface area contributed by atoms with Gasteiger partial charge in [-0.3, -0.25) is 0 Å². The highest BCUT2D eigenvalue weighted by Gasteiger charge is 2.43. The summed E-state index contributed by atoms with van der Waals surface area (Å²) in [5, 5.41) is 15.9. The van der Waals surface area contributed by atoms with Crippen LogP contribution in [0.4, 0.5) is 8.78 Å². The van der Waals surface area contributed by atoms with E-state index in [1.54, 1.807) is 12.1 Å². The number of benzene rings is 2. The van der Waals surface area contributed by atoms with Gasteiger partial charge in [0.15, 0.2) is 17.3 Å². The highest BCUT2D eigenvalue weighted by atomic mass is 19.3.